The van der Waals surface area contributed by atoms with Crippen LogP contribution in [-0.2, 0) is 0 Å². The van der Waals surface area contributed by atoms with Gasteiger partial charge in [0.15, 0.2) is 0 Å². The Kier molecular flexibility index (Phi) is 8.86. The van der Waals surface area contributed by atoms with Crippen molar-refractivity contribution in [3.63, 3.8) is 0 Å². The monoisotopic (exact) mass is 601 g/mol. The SMILES string of the molecule is N#Cc1ccc(C(=O)Oc2ccc(SCCC(F)(F)C(F)(F)C(F)(F)C(F)(F)C(F)(F)C(F)(F)F)cc2)cc1. The van der Waals surface area contributed by atoms with Crippen LogP contribution in [0.3, 0.4) is 0 Å². The van der Waals surface area contributed by atoms with Gasteiger partial charge in [-0.2, -0.15) is 62.3 Å². The highest BCUT2D eigenvalue weighted by Gasteiger charge is 2.90. The van der Waals surface area contributed by atoms with E-state index < -0.39 is 53.9 Å². The largest absolute Gasteiger partial charge is 0.460 e. The van der Waals surface area contributed by atoms with Gasteiger partial charge in [0.1, 0.15) is 5.75 Å². The highest BCUT2D eigenvalue weighted by molar-refractivity contribution is 7.99. The fourth-order valence-corrected chi connectivity index (χ4v) is 3.63. The average molecular weight is 601 g/mol. The number of hydrogen-bond acceptors (Lipinski definition) is 4. The van der Waals surface area contributed by atoms with Crippen molar-refractivity contribution in [3.8, 4) is 11.8 Å². The number of esters is 1. The van der Waals surface area contributed by atoms with Crippen LogP contribution in [0.15, 0.2) is 53.4 Å². The third-order valence-electron chi connectivity index (χ3n) is 4.97. The van der Waals surface area contributed by atoms with Gasteiger partial charge in [-0.1, -0.05) is 0 Å². The average Bonchev–Trinajstić information content (AvgIpc) is 2.83. The molecule has 0 radical (unpaired) electrons. The van der Waals surface area contributed by atoms with E-state index in [9.17, 15) is 61.9 Å². The van der Waals surface area contributed by atoms with Crippen LogP contribution < -0.4 is 4.74 Å². The number of thioether (sulfide) groups is 1. The Labute approximate surface area is 214 Å². The molecule has 0 saturated heterocycles. The second-order valence-electron chi connectivity index (χ2n) is 7.65. The molecule has 0 amide bonds. The predicted octanol–water partition coefficient (Wildman–Crippen LogP) is 8.00. The molecule has 0 aromatic heterocycles. The van der Waals surface area contributed by atoms with Crippen LogP contribution >= 0.6 is 11.8 Å². The molecule has 2 aromatic carbocycles. The molecular weight excluding hydrogens is 589 g/mol. The van der Waals surface area contributed by atoms with Crippen molar-refractivity contribution in [1.82, 2.24) is 0 Å². The van der Waals surface area contributed by atoms with Crippen molar-refractivity contribution in [3.05, 3.63) is 59.7 Å². The second kappa shape index (κ2) is 10.8. The predicted molar refractivity (Wildman–Crippen MR) is 109 cm³/mol. The number of alkyl halides is 13. The number of carbonyl (C=O) groups is 1. The molecule has 0 aliphatic carbocycles. The van der Waals surface area contributed by atoms with E-state index >= 15 is 0 Å². The van der Waals surface area contributed by atoms with Crippen LogP contribution in [0.1, 0.15) is 22.3 Å². The molecule has 2 rings (SSSR count). The van der Waals surface area contributed by atoms with Gasteiger partial charge in [-0.25, -0.2) is 4.79 Å². The summed E-state index contributed by atoms with van der Waals surface area (Å²) in [4.78, 5) is 12.0. The fourth-order valence-electron chi connectivity index (χ4n) is 2.71. The van der Waals surface area contributed by atoms with E-state index in [2.05, 4.69) is 0 Å². The minimum atomic E-state index is -7.93. The normalized spacial score (nSPS) is 13.6. The summed E-state index contributed by atoms with van der Waals surface area (Å²) in [6.45, 7) is 0. The maximum absolute atomic E-state index is 13.9. The lowest BCUT2D eigenvalue weighted by Crippen LogP contribution is -2.70. The maximum atomic E-state index is 13.9. The first-order chi connectivity index (χ1) is 17.6. The van der Waals surface area contributed by atoms with Gasteiger partial charge in [-0.3, -0.25) is 0 Å². The smallest absolute Gasteiger partial charge is 0.423 e. The molecule has 39 heavy (non-hydrogen) atoms. The molecule has 0 N–H and O–H groups in total. The van der Waals surface area contributed by atoms with Gasteiger partial charge in [0.2, 0.25) is 0 Å². The molecule has 0 bridgehead atoms. The Hall–Kier alpha value is -3.16. The summed E-state index contributed by atoms with van der Waals surface area (Å²) in [5.74, 6) is -39.1. The molecule has 3 nitrogen and oxygen atoms in total. The zero-order valence-corrected chi connectivity index (χ0v) is 19.4. The van der Waals surface area contributed by atoms with E-state index in [-0.39, 0.29) is 33.5 Å². The van der Waals surface area contributed by atoms with Crippen molar-refractivity contribution >= 4 is 17.7 Å². The van der Waals surface area contributed by atoms with Gasteiger partial charge in [0.05, 0.1) is 17.2 Å². The molecule has 0 spiro atoms. The number of benzene rings is 2. The number of halogens is 13. The summed E-state index contributed by atoms with van der Waals surface area (Å²) in [7, 11) is 0. The lowest BCUT2D eigenvalue weighted by molar-refractivity contribution is -0.439. The number of hydrogen-bond donors (Lipinski definition) is 0. The highest BCUT2D eigenvalue weighted by atomic mass is 32.2. The van der Waals surface area contributed by atoms with E-state index in [0.29, 0.717) is 0 Å². The molecule has 0 unspecified atom stereocenters. The molecule has 0 heterocycles. The summed E-state index contributed by atoms with van der Waals surface area (Å²) >= 11 is 0.274. The van der Waals surface area contributed by atoms with Gasteiger partial charge >= 0.3 is 41.8 Å². The maximum Gasteiger partial charge on any atom is 0.460 e. The summed E-state index contributed by atoms with van der Waals surface area (Å²) in [6, 6.07) is 11.4. The van der Waals surface area contributed by atoms with Crippen LogP contribution in [-0.4, -0.2) is 47.5 Å². The van der Waals surface area contributed by atoms with Gasteiger partial charge in [-0.05, 0) is 48.5 Å². The van der Waals surface area contributed by atoms with Crippen LogP contribution in [0, 0.1) is 11.3 Å². The topological polar surface area (TPSA) is 50.1 Å². The lowest BCUT2D eigenvalue weighted by Gasteiger charge is -2.39. The Morgan fingerprint density at radius 2 is 1.21 bits per heavy atom. The molecular formula is C22H12F13NO2S. The molecule has 17 heteroatoms. The van der Waals surface area contributed by atoms with Crippen molar-refractivity contribution in [2.24, 2.45) is 0 Å². The van der Waals surface area contributed by atoms with E-state index in [0.717, 1.165) is 24.3 Å². The lowest BCUT2D eigenvalue weighted by atomic mass is 9.93. The number of nitrogens with zero attached hydrogens (tertiary/aromatic N) is 1. The molecule has 0 aliphatic heterocycles. The van der Waals surface area contributed by atoms with Crippen molar-refractivity contribution in [1.29, 1.82) is 5.26 Å². The van der Waals surface area contributed by atoms with Crippen molar-refractivity contribution in [2.45, 2.75) is 47.1 Å². The Bertz CT molecular complexity index is 1200. The Balaban J connectivity index is 2.07. The summed E-state index contributed by atoms with van der Waals surface area (Å²) < 4.78 is 176. The Morgan fingerprint density at radius 1 is 0.718 bits per heavy atom. The zero-order chi connectivity index (χ0) is 30.1. The number of nitriles is 1. The van der Waals surface area contributed by atoms with E-state index in [4.69, 9.17) is 10.00 Å². The van der Waals surface area contributed by atoms with Gasteiger partial charge in [0.25, 0.3) is 0 Å². The highest BCUT2D eigenvalue weighted by Crippen LogP contribution is 2.60. The number of rotatable bonds is 10. The number of carbonyl (C=O) groups excluding carboxylic acids is 1. The first-order valence-corrected chi connectivity index (χ1v) is 11.0. The molecule has 0 aliphatic rings. The van der Waals surface area contributed by atoms with E-state index in [1.807, 2.05) is 6.07 Å². The van der Waals surface area contributed by atoms with E-state index in [1.54, 1.807) is 0 Å². The quantitative estimate of drug-likeness (QED) is 0.120. The van der Waals surface area contributed by atoms with Gasteiger partial charge in [-0.15, -0.1) is 11.8 Å². The molecule has 2 aromatic rings. The third kappa shape index (κ3) is 6.04. The van der Waals surface area contributed by atoms with Crippen LogP contribution in [0.25, 0.3) is 0 Å². The summed E-state index contributed by atoms with van der Waals surface area (Å²) in [5, 5.41) is 8.72. The second-order valence-corrected chi connectivity index (χ2v) is 8.82. The van der Waals surface area contributed by atoms with Crippen molar-refractivity contribution in [2.75, 3.05) is 5.75 Å². The van der Waals surface area contributed by atoms with Gasteiger partial charge in [0, 0.05) is 17.1 Å². The first kappa shape index (κ1) is 32.1. The molecule has 214 valence electrons. The zero-order valence-electron chi connectivity index (χ0n) is 18.6. The van der Waals surface area contributed by atoms with Crippen LogP contribution in [0.4, 0.5) is 57.1 Å². The summed E-state index contributed by atoms with van der Waals surface area (Å²) in [5.41, 5.74) is 0.305. The van der Waals surface area contributed by atoms with Crippen molar-refractivity contribution < 1.29 is 66.6 Å². The standard InChI is InChI=1S/C22H12F13NO2S/c23-17(24,18(25,26)19(27,28)20(29,30)21(31,32)22(33,34)35)9-10-39-15-7-5-14(6-8-15)38-16(37)13-3-1-12(11-36)2-4-13/h1-8H,9-10H2. The van der Waals surface area contributed by atoms with E-state index in [1.165, 1.54) is 24.3 Å². The van der Waals surface area contributed by atoms with Crippen LogP contribution in [0.5, 0.6) is 5.75 Å². The Morgan fingerprint density at radius 3 is 1.67 bits per heavy atom. The third-order valence-corrected chi connectivity index (χ3v) is 5.98. The number of ether oxygens (including phenoxy) is 1. The summed E-state index contributed by atoms with van der Waals surface area (Å²) in [6.07, 6.45) is -9.78. The first-order valence-electron chi connectivity index (χ1n) is 10.0. The van der Waals surface area contributed by atoms with Crippen LogP contribution in [0.2, 0.25) is 0 Å². The molecule has 0 atom stereocenters. The van der Waals surface area contributed by atoms with Gasteiger partial charge < -0.3 is 4.74 Å². The minimum absolute atomic E-state index is 0.0204. The fraction of sp³-hybridized carbons (Fsp3) is 0.364. The molecule has 0 fully saturated rings. The molecule has 0 saturated carbocycles. The minimum Gasteiger partial charge on any atom is -0.423 e.